The molecule has 0 bridgehead atoms. The van der Waals surface area contributed by atoms with Crippen LogP contribution in [-0.2, 0) is 9.84 Å². The highest BCUT2D eigenvalue weighted by Crippen LogP contribution is 2.04. The first-order chi connectivity index (χ1) is 6.47. The van der Waals surface area contributed by atoms with Gasteiger partial charge in [0, 0.05) is 12.8 Å². The van der Waals surface area contributed by atoms with E-state index in [2.05, 4.69) is 10.3 Å². The molecule has 5 nitrogen and oxygen atoms in total. The highest BCUT2D eigenvalue weighted by molar-refractivity contribution is 7.90. The van der Waals surface area contributed by atoms with Crippen LogP contribution in [0, 0.1) is 0 Å². The Morgan fingerprint density at radius 3 is 2.79 bits per heavy atom. The van der Waals surface area contributed by atoms with Crippen molar-refractivity contribution in [1.29, 1.82) is 0 Å². The van der Waals surface area contributed by atoms with Crippen molar-refractivity contribution in [3.63, 3.8) is 0 Å². The lowest BCUT2D eigenvalue weighted by Crippen LogP contribution is -2.14. The Balaban J connectivity index is 2.47. The van der Waals surface area contributed by atoms with Crippen LogP contribution in [0.5, 0.6) is 0 Å². The van der Waals surface area contributed by atoms with Crippen LogP contribution in [0.15, 0.2) is 18.2 Å². The van der Waals surface area contributed by atoms with Crippen molar-refractivity contribution in [2.45, 2.75) is 0 Å². The third-order valence-electron chi connectivity index (χ3n) is 1.55. The lowest BCUT2D eigenvalue weighted by Gasteiger charge is -2.04. The van der Waals surface area contributed by atoms with Gasteiger partial charge in [0.25, 0.3) is 0 Å². The van der Waals surface area contributed by atoms with Gasteiger partial charge >= 0.3 is 0 Å². The first kappa shape index (κ1) is 10.8. The van der Waals surface area contributed by atoms with Crippen molar-refractivity contribution in [1.82, 2.24) is 4.98 Å². The number of pyridine rings is 1. The summed E-state index contributed by atoms with van der Waals surface area (Å²) in [6.45, 7) is 0.343. The number of hydrogen-bond donors (Lipinski definition) is 2. The normalized spacial score (nSPS) is 11.2. The van der Waals surface area contributed by atoms with Gasteiger partial charge in [0.05, 0.1) is 5.75 Å². The Kier molecular flexibility index (Phi) is 3.29. The van der Waals surface area contributed by atoms with Gasteiger partial charge < -0.3 is 11.1 Å². The third kappa shape index (κ3) is 4.08. The molecule has 0 saturated carbocycles. The third-order valence-corrected chi connectivity index (χ3v) is 2.50. The van der Waals surface area contributed by atoms with Crippen LogP contribution in [0.2, 0.25) is 0 Å². The van der Waals surface area contributed by atoms with Crippen molar-refractivity contribution in [3.8, 4) is 0 Å². The van der Waals surface area contributed by atoms with Gasteiger partial charge in [0.1, 0.15) is 21.5 Å². The molecule has 6 heteroatoms. The summed E-state index contributed by atoms with van der Waals surface area (Å²) < 4.78 is 21.6. The van der Waals surface area contributed by atoms with Crippen LogP contribution in [0.3, 0.4) is 0 Å². The maximum absolute atomic E-state index is 10.8. The maximum atomic E-state index is 10.8. The van der Waals surface area contributed by atoms with E-state index in [1.165, 1.54) is 6.26 Å². The van der Waals surface area contributed by atoms with Gasteiger partial charge in [0.2, 0.25) is 0 Å². The molecule has 0 fully saturated rings. The quantitative estimate of drug-likeness (QED) is 0.745. The van der Waals surface area contributed by atoms with Crippen LogP contribution in [0.4, 0.5) is 11.6 Å². The van der Waals surface area contributed by atoms with Gasteiger partial charge in [-0.1, -0.05) is 6.07 Å². The fourth-order valence-corrected chi connectivity index (χ4v) is 1.39. The molecule has 0 unspecified atom stereocenters. The largest absolute Gasteiger partial charge is 0.384 e. The molecule has 0 radical (unpaired) electrons. The van der Waals surface area contributed by atoms with E-state index in [9.17, 15) is 8.42 Å². The van der Waals surface area contributed by atoms with Gasteiger partial charge in [-0.15, -0.1) is 0 Å². The van der Waals surface area contributed by atoms with Crippen LogP contribution in [-0.4, -0.2) is 32.0 Å². The fraction of sp³-hybridized carbons (Fsp3) is 0.375. The van der Waals surface area contributed by atoms with E-state index in [4.69, 9.17) is 5.73 Å². The van der Waals surface area contributed by atoms with Gasteiger partial charge in [0.15, 0.2) is 0 Å². The monoisotopic (exact) mass is 215 g/mol. The molecular weight excluding hydrogens is 202 g/mol. The second-order valence-electron chi connectivity index (χ2n) is 3.00. The highest BCUT2D eigenvalue weighted by atomic mass is 32.2. The molecule has 0 spiro atoms. The van der Waals surface area contributed by atoms with Crippen molar-refractivity contribution in [2.75, 3.05) is 29.6 Å². The van der Waals surface area contributed by atoms with E-state index in [1.54, 1.807) is 18.2 Å². The minimum Gasteiger partial charge on any atom is -0.384 e. The molecule has 14 heavy (non-hydrogen) atoms. The zero-order valence-corrected chi connectivity index (χ0v) is 8.71. The molecule has 0 amide bonds. The summed E-state index contributed by atoms with van der Waals surface area (Å²) >= 11 is 0. The zero-order chi connectivity index (χ0) is 10.6. The SMILES string of the molecule is CS(=O)(=O)CCNc1cccc(N)n1. The van der Waals surface area contributed by atoms with Crippen molar-refractivity contribution >= 4 is 21.5 Å². The summed E-state index contributed by atoms with van der Waals surface area (Å²) in [5.41, 5.74) is 5.45. The van der Waals surface area contributed by atoms with Crippen molar-refractivity contribution in [2.24, 2.45) is 0 Å². The first-order valence-corrected chi connectivity index (χ1v) is 6.17. The fourth-order valence-electron chi connectivity index (χ4n) is 0.914. The van der Waals surface area contributed by atoms with Crippen LogP contribution >= 0.6 is 0 Å². The second kappa shape index (κ2) is 4.28. The predicted molar refractivity (Wildman–Crippen MR) is 56.8 cm³/mol. The van der Waals surface area contributed by atoms with Crippen LogP contribution in [0.1, 0.15) is 0 Å². The molecule has 0 saturated heterocycles. The lowest BCUT2D eigenvalue weighted by molar-refractivity contribution is 0.602. The number of nitrogens with zero attached hydrogens (tertiary/aromatic N) is 1. The Morgan fingerprint density at radius 1 is 1.50 bits per heavy atom. The van der Waals surface area contributed by atoms with E-state index in [0.29, 0.717) is 18.2 Å². The molecule has 1 rings (SSSR count). The maximum Gasteiger partial charge on any atom is 0.149 e. The Labute approximate surface area is 83.3 Å². The topological polar surface area (TPSA) is 85.1 Å². The van der Waals surface area contributed by atoms with Crippen molar-refractivity contribution < 1.29 is 8.42 Å². The zero-order valence-electron chi connectivity index (χ0n) is 7.90. The van der Waals surface area contributed by atoms with Gasteiger partial charge in [-0.25, -0.2) is 13.4 Å². The Hall–Kier alpha value is -1.30. The first-order valence-electron chi connectivity index (χ1n) is 4.11. The van der Waals surface area contributed by atoms with Crippen LogP contribution in [0.25, 0.3) is 0 Å². The molecular formula is C8H13N3O2S. The van der Waals surface area contributed by atoms with E-state index in [-0.39, 0.29) is 5.75 Å². The summed E-state index contributed by atoms with van der Waals surface area (Å²) in [5.74, 6) is 1.09. The average Bonchev–Trinajstić information content (AvgIpc) is 2.01. The summed E-state index contributed by atoms with van der Waals surface area (Å²) in [4.78, 5) is 3.96. The number of rotatable bonds is 4. The number of nitrogens with two attached hydrogens (primary N) is 1. The number of nitrogen functional groups attached to an aromatic ring is 1. The standard InChI is InChI=1S/C8H13N3O2S/c1-14(12,13)6-5-10-8-4-2-3-7(9)11-8/h2-4H,5-6H2,1H3,(H3,9,10,11). The predicted octanol–water partition coefficient (Wildman–Crippen LogP) is 0.120. The van der Waals surface area contributed by atoms with Crippen molar-refractivity contribution in [3.05, 3.63) is 18.2 Å². The molecule has 0 aliphatic carbocycles. The average molecular weight is 215 g/mol. The summed E-state index contributed by atoms with van der Waals surface area (Å²) in [6, 6.07) is 5.16. The summed E-state index contributed by atoms with van der Waals surface area (Å²) in [7, 11) is -2.93. The van der Waals surface area contributed by atoms with E-state index in [0.717, 1.165) is 0 Å². The highest BCUT2D eigenvalue weighted by Gasteiger charge is 2.01. The van der Waals surface area contributed by atoms with E-state index in [1.807, 2.05) is 0 Å². The number of aromatic nitrogens is 1. The molecule has 1 aromatic rings. The smallest absolute Gasteiger partial charge is 0.149 e. The molecule has 0 aromatic carbocycles. The molecule has 1 aromatic heterocycles. The summed E-state index contributed by atoms with van der Waals surface area (Å²) in [5, 5.41) is 2.87. The van der Waals surface area contributed by atoms with Gasteiger partial charge in [-0.3, -0.25) is 0 Å². The molecule has 3 N–H and O–H groups in total. The second-order valence-corrected chi connectivity index (χ2v) is 5.26. The number of hydrogen-bond acceptors (Lipinski definition) is 5. The number of sulfone groups is 1. The van der Waals surface area contributed by atoms with E-state index >= 15 is 0 Å². The summed E-state index contributed by atoms with van der Waals surface area (Å²) in [6.07, 6.45) is 1.20. The Bertz CT molecular complexity index is 403. The number of anilines is 2. The molecule has 78 valence electrons. The Morgan fingerprint density at radius 2 is 2.21 bits per heavy atom. The number of nitrogens with one attached hydrogen (secondary N) is 1. The van der Waals surface area contributed by atoms with Crippen LogP contribution < -0.4 is 11.1 Å². The van der Waals surface area contributed by atoms with Gasteiger partial charge in [-0.05, 0) is 12.1 Å². The molecule has 0 atom stereocenters. The van der Waals surface area contributed by atoms with Gasteiger partial charge in [-0.2, -0.15) is 0 Å². The molecule has 0 aliphatic heterocycles. The molecule has 1 heterocycles. The molecule has 0 aliphatic rings. The minimum atomic E-state index is -2.93. The minimum absolute atomic E-state index is 0.0868. The van der Waals surface area contributed by atoms with E-state index < -0.39 is 9.84 Å². The lowest BCUT2D eigenvalue weighted by atomic mass is 10.4.